The number of aliphatic carboxylic acids is 1. The van der Waals surface area contributed by atoms with Crippen LogP contribution in [0.4, 0.5) is 11.5 Å². The van der Waals surface area contributed by atoms with Crippen LogP contribution in [0.25, 0.3) is 0 Å². The number of hydrogen-bond donors (Lipinski definition) is 5. The van der Waals surface area contributed by atoms with Gasteiger partial charge < -0.3 is 26.4 Å². The molecule has 3 aromatic rings. The highest BCUT2D eigenvalue weighted by Crippen LogP contribution is 2.26. The average Bonchev–Trinajstić information content (AvgIpc) is 3.52. The number of carboxylic acids is 1. The van der Waals surface area contributed by atoms with E-state index in [1.54, 1.807) is 66.9 Å². The van der Waals surface area contributed by atoms with Crippen LogP contribution in [0.5, 0.6) is 0 Å². The molecule has 2 aromatic carbocycles. The minimum Gasteiger partial charge on any atom is -0.480 e. The number of nitrogens with zero attached hydrogens (tertiary/aromatic N) is 2. The van der Waals surface area contributed by atoms with Gasteiger partial charge in [0.25, 0.3) is 0 Å². The zero-order valence-electron chi connectivity index (χ0n) is 23.1. The zero-order chi connectivity index (χ0) is 30.8. The Kier molecular flexibility index (Phi) is 10.4. The lowest BCUT2D eigenvalue weighted by Crippen LogP contribution is -2.51. The van der Waals surface area contributed by atoms with Crippen LogP contribution in [-0.4, -0.2) is 78.2 Å². The molecule has 13 nitrogen and oxygen atoms in total. The summed E-state index contributed by atoms with van der Waals surface area (Å²) in [6.45, 7) is -0.149. The molecule has 226 valence electrons. The highest BCUT2D eigenvalue weighted by molar-refractivity contribution is 7.89. The van der Waals surface area contributed by atoms with Gasteiger partial charge in [-0.05, 0) is 54.8 Å². The average molecular weight is 609 g/mol. The number of aromatic nitrogens is 1. The number of nitrogens with one attached hydrogen (secondary N) is 4. The van der Waals surface area contributed by atoms with Crippen molar-refractivity contribution < 1.29 is 32.7 Å². The number of carbonyl (C=O) groups is 4. The number of anilines is 2. The first-order chi connectivity index (χ1) is 20.6. The van der Waals surface area contributed by atoms with E-state index in [1.165, 1.54) is 12.1 Å². The maximum atomic E-state index is 13.1. The van der Waals surface area contributed by atoms with E-state index < -0.39 is 45.8 Å². The minimum absolute atomic E-state index is 0.0537. The molecule has 2 heterocycles. The first-order valence-corrected chi connectivity index (χ1v) is 15.0. The molecule has 1 aliphatic rings. The van der Waals surface area contributed by atoms with Gasteiger partial charge in [0.05, 0.1) is 18.0 Å². The summed E-state index contributed by atoms with van der Waals surface area (Å²) < 4.78 is 27.3. The molecule has 1 aromatic heterocycles. The van der Waals surface area contributed by atoms with Crippen LogP contribution in [0, 0.1) is 0 Å². The number of carboxylic acid groups (broad SMARTS) is 1. The number of pyridine rings is 1. The van der Waals surface area contributed by atoms with Gasteiger partial charge in [-0.15, -0.1) is 0 Å². The highest BCUT2D eigenvalue weighted by atomic mass is 32.2. The third-order valence-corrected chi connectivity index (χ3v) is 8.61. The van der Waals surface area contributed by atoms with Crippen molar-refractivity contribution in [3.8, 4) is 0 Å². The Labute approximate surface area is 248 Å². The van der Waals surface area contributed by atoms with Crippen molar-refractivity contribution in [2.24, 2.45) is 0 Å². The summed E-state index contributed by atoms with van der Waals surface area (Å²) in [5, 5.41) is 20.2. The zero-order valence-corrected chi connectivity index (χ0v) is 23.9. The molecule has 1 saturated heterocycles. The summed E-state index contributed by atoms with van der Waals surface area (Å²) >= 11 is 0. The fourth-order valence-electron chi connectivity index (χ4n) is 4.53. The van der Waals surface area contributed by atoms with Crippen LogP contribution in [0.2, 0.25) is 0 Å². The fourth-order valence-corrected chi connectivity index (χ4v) is 6.21. The number of hydrogen-bond acceptors (Lipinski definition) is 8. The molecule has 1 fully saturated rings. The van der Waals surface area contributed by atoms with Gasteiger partial charge in [-0.25, -0.2) is 18.2 Å². The second kappa shape index (κ2) is 14.4. The van der Waals surface area contributed by atoms with E-state index in [2.05, 4.69) is 26.3 Å². The molecule has 0 aliphatic carbocycles. The van der Waals surface area contributed by atoms with Gasteiger partial charge in [-0.2, -0.15) is 4.31 Å². The summed E-state index contributed by atoms with van der Waals surface area (Å²) in [7, 11) is -3.92. The summed E-state index contributed by atoms with van der Waals surface area (Å²) in [5.41, 5.74) is 0.998. The van der Waals surface area contributed by atoms with Crippen molar-refractivity contribution >= 4 is 45.2 Å². The minimum atomic E-state index is -3.92. The van der Waals surface area contributed by atoms with Gasteiger partial charge in [0.15, 0.2) is 0 Å². The van der Waals surface area contributed by atoms with Gasteiger partial charge in [-0.3, -0.25) is 14.4 Å². The molecule has 5 N–H and O–H groups in total. The third kappa shape index (κ3) is 8.59. The highest BCUT2D eigenvalue weighted by Gasteiger charge is 2.40. The van der Waals surface area contributed by atoms with Crippen molar-refractivity contribution in [2.45, 2.75) is 36.2 Å². The number of sulfonamides is 1. The molecule has 1 aliphatic heterocycles. The molecule has 0 radical (unpaired) electrons. The van der Waals surface area contributed by atoms with Crippen LogP contribution in [0.15, 0.2) is 83.9 Å². The molecule has 2 atom stereocenters. The molecule has 0 spiro atoms. The molecule has 0 unspecified atom stereocenters. The van der Waals surface area contributed by atoms with E-state index in [1.807, 2.05) is 0 Å². The quantitative estimate of drug-likeness (QED) is 0.190. The van der Waals surface area contributed by atoms with E-state index in [0.29, 0.717) is 23.5 Å². The van der Waals surface area contributed by atoms with Crippen LogP contribution in [0.3, 0.4) is 0 Å². The lowest BCUT2D eigenvalue weighted by Gasteiger charge is -2.25. The fraction of sp³-hybridized carbons (Fsp3) is 0.276. The van der Waals surface area contributed by atoms with Crippen LogP contribution in [0.1, 0.15) is 18.4 Å². The van der Waals surface area contributed by atoms with Gasteiger partial charge in [-0.1, -0.05) is 36.4 Å². The van der Waals surface area contributed by atoms with Gasteiger partial charge >= 0.3 is 5.97 Å². The Hall–Kier alpha value is -4.82. The Morgan fingerprint density at radius 2 is 1.65 bits per heavy atom. The third-order valence-electron chi connectivity index (χ3n) is 6.69. The van der Waals surface area contributed by atoms with E-state index in [0.717, 1.165) is 4.31 Å². The normalized spacial score (nSPS) is 15.7. The molecule has 0 saturated carbocycles. The Morgan fingerprint density at radius 1 is 0.930 bits per heavy atom. The Bertz CT molecular complexity index is 1540. The second-order valence-corrected chi connectivity index (χ2v) is 11.7. The summed E-state index contributed by atoms with van der Waals surface area (Å²) in [5.74, 6) is -2.26. The molecular weight excluding hydrogens is 576 g/mol. The molecule has 4 rings (SSSR count). The Balaban J connectivity index is 1.27. The van der Waals surface area contributed by atoms with Crippen molar-refractivity contribution in [3.05, 3.63) is 84.6 Å². The maximum Gasteiger partial charge on any atom is 0.326 e. The van der Waals surface area contributed by atoms with Crippen molar-refractivity contribution in [2.75, 3.05) is 30.3 Å². The van der Waals surface area contributed by atoms with Crippen molar-refractivity contribution in [1.29, 1.82) is 0 Å². The largest absolute Gasteiger partial charge is 0.480 e. The molecule has 43 heavy (non-hydrogen) atoms. The van der Waals surface area contributed by atoms with Gasteiger partial charge in [0.2, 0.25) is 27.7 Å². The van der Waals surface area contributed by atoms with Gasteiger partial charge in [0.1, 0.15) is 17.9 Å². The lowest BCUT2D eigenvalue weighted by molar-refractivity contribution is -0.142. The first-order valence-electron chi connectivity index (χ1n) is 13.5. The van der Waals surface area contributed by atoms with E-state index in [4.69, 9.17) is 0 Å². The SMILES string of the molecule is O=C(CNc1ccccn1)NCC(=O)Nc1ccc(C[C@H](NC(=O)[C@@H]2CCCN2S(=O)(=O)c2ccccc2)C(=O)O)cc1. The van der Waals surface area contributed by atoms with Gasteiger partial charge in [0, 0.05) is 24.8 Å². The molecule has 14 heteroatoms. The lowest BCUT2D eigenvalue weighted by atomic mass is 10.0. The van der Waals surface area contributed by atoms with E-state index in [-0.39, 0.29) is 37.4 Å². The van der Waals surface area contributed by atoms with Crippen molar-refractivity contribution in [1.82, 2.24) is 19.9 Å². The summed E-state index contributed by atoms with van der Waals surface area (Å²) in [4.78, 5) is 53.4. The summed E-state index contributed by atoms with van der Waals surface area (Å²) in [6.07, 6.45) is 2.27. The monoisotopic (exact) mass is 608 g/mol. The molecule has 3 amide bonds. The Morgan fingerprint density at radius 3 is 2.33 bits per heavy atom. The molecule has 0 bridgehead atoms. The van der Waals surface area contributed by atoms with Crippen LogP contribution < -0.4 is 21.3 Å². The van der Waals surface area contributed by atoms with Crippen LogP contribution in [-0.2, 0) is 35.6 Å². The topological polar surface area (TPSA) is 187 Å². The number of amides is 3. The predicted molar refractivity (Wildman–Crippen MR) is 157 cm³/mol. The first kappa shape index (κ1) is 31.1. The molecular formula is C29H32N6O7S. The predicted octanol–water partition coefficient (Wildman–Crippen LogP) is 1.21. The maximum absolute atomic E-state index is 13.1. The van der Waals surface area contributed by atoms with E-state index in [9.17, 15) is 32.7 Å². The summed E-state index contributed by atoms with van der Waals surface area (Å²) in [6, 6.07) is 17.1. The standard InChI is InChI=1S/C29H32N6O7S/c36-26(18-31-25-10-4-5-15-30-25)32-19-27(37)33-21-13-11-20(12-14-21)17-23(29(39)40)34-28(38)24-9-6-16-35(24)43(41,42)22-7-2-1-3-8-22/h1-5,7-8,10-15,23-24H,6,9,16-19H2,(H,30,31)(H,32,36)(H,33,37)(H,34,38)(H,39,40)/t23-,24-/m0/s1. The van der Waals surface area contributed by atoms with E-state index >= 15 is 0 Å². The van der Waals surface area contributed by atoms with Crippen LogP contribution >= 0.6 is 0 Å². The number of benzene rings is 2. The smallest absolute Gasteiger partial charge is 0.326 e. The number of carbonyl (C=O) groups excluding carboxylic acids is 3. The number of rotatable bonds is 13. The second-order valence-electron chi connectivity index (χ2n) is 9.78. The van der Waals surface area contributed by atoms with Crippen molar-refractivity contribution in [3.63, 3.8) is 0 Å².